The number of imidazole rings is 1. The molecular weight excluding hydrogens is 223 g/mol. The van der Waals surface area contributed by atoms with Crippen LogP contribution in [0.2, 0.25) is 0 Å². The highest BCUT2D eigenvalue weighted by Gasteiger charge is 2.12. The van der Waals surface area contributed by atoms with Gasteiger partial charge in [-0.2, -0.15) is 0 Å². The molecule has 0 aliphatic carbocycles. The van der Waals surface area contributed by atoms with E-state index in [9.17, 15) is 4.39 Å². The molecule has 0 bridgehead atoms. The Morgan fingerprint density at radius 2 is 2.18 bits per heavy atom. The van der Waals surface area contributed by atoms with Gasteiger partial charge in [-0.1, -0.05) is 0 Å². The minimum atomic E-state index is -0.460. The van der Waals surface area contributed by atoms with E-state index in [0.717, 1.165) is 6.20 Å². The van der Waals surface area contributed by atoms with Gasteiger partial charge < -0.3 is 10.7 Å². The maximum absolute atomic E-state index is 13.5. The lowest BCUT2D eigenvalue weighted by atomic mass is 10.2. The van der Waals surface area contributed by atoms with Crippen molar-refractivity contribution in [2.24, 2.45) is 0 Å². The van der Waals surface area contributed by atoms with Gasteiger partial charge in [0.05, 0.1) is 11.8 Å². The third-order valence-corrected chi connectivity index (χ3v) is 2.35. The zero-order valence-corrected chi connectivity index (χ0v) is 8.55. The predicted octanol–water partition coefficient (Wildman–Crippen LogP) is 1.14. The topological polar surface area (TPSA) is 93.4 Å². The van der Waals surface area contributed by atoms with Gasteiger partial charge in [-0.25, -0.2) is 19.3 Å². The lowest BCUT2D eigenvalue weighted by Gasteiger charge is -1.96. The molecule has 0 aliphatic heterocycles. The van der Waals surface area contributed by atoms with E-state index in [1.807, 2.05) is 0 Å². The van der Waals surface area contributed by atoms with E-state index in [-0.39, 0.29) is 5.82 Å². The number of anilines is 1. The molecule has 3 rings (SSSR count). The van der Waals surface area contributed by atoms with Crippen molar-refractivity contribution in [1.29, 1.82) is 0 Å². The molecule has 0 aromatic carbocycles. The van der Waals surface area contributed by atoms with E-state index in [4.69, 9.17) is 5.73 Å². The molecule has 0 spiro atoms. The van der Waals surface area contributed by atoms with Crippen molar-refractivity contribution >= 4 is 17.0 Å². The summed E-state index contributed by atoms with van der Waals surface area (Å²) in [4.78, 5) is 18.5. The van der Waals surface area contributed by atoms with E-state index < -0.39 is 5.82 Å². The first kappa shape index (κ1) is 9.64. The van der Waals surface area contributed by atoms with E-state index in [0.29, 0.717) is 22.6 Å². The first-order chi connectivity index (χ1) is 8.25. The molecule has 0 fully saturated rings. The molecular formula is C10H7FN6. The van der Waals surface area contributed by atoms with Crippen LogP contribution in [-0.2, 0) is 0 Å². The third-order valence-electron chi connectivity index (χ3n) is 2.35. The van der Waals surface area contributed by atoms with E-state index >= 15 is 0 Å². The second-order valence-electron chi connectivity index (χ2n) is 3.40. The summed E-state index contributed by atoms with van der Waals surface area (Å²) in [6, 6.07) is 1.52. The number of halogens is 1. The van der Waals surface area contributed by atoms with Crippen LogP contribution in [0.25, 0.3) is 22.6 Å². The van der Waals surface area contributed by atoms with Crippen LogP contribution in [0.1, 0.15) is 0 Å². The van der Waals surface area contributed by atoms with Crippen LogP contribution in [0.15, 0.2) is 24.8 Å². The van der Waals surface area contributed by atoms with Crippen molar-refractivity contribution < 1.29 is 4.39 Å². The number of aromatic nitrogens is 5. The average Bonchev–Trinajstić information content (AvgIpc) is 2.75. The van der Waals surface area contributed by atoms with Crippen LogP contribution < -0.4 is 5.73 Å². The molecule has 0 saturated heterocycles. The molecule has 3 aromatic heterocycles. The number of nitrogens with one attached hydrogen (secondary N) is 1. The lowest BCUT2D eigenvalue weighted by molar-refractivity contribution is 0.624. The highest BCUT2D eigenvalue weighted by molar-refractivity contribution is 5.84. The van der Waals surface area contributed by atoms with Crippen molar-refractivity contribution in [2.75, 3.05) is 5.73 Å². The molecule has 3 heterocycles. The number of pyridine rings is 1. The van der Waals surface area contributed by atoms with E-state index in [2.05, 4.69) is 24.9 Å². The summed E-state index contributed by atoms with van der Waals surface area (Å²) in [7, 11) is 0. The van der Waals surface area contributed by atoms with E-state index in [1.54, 1.807) is 0 Å². The number of nitrogen functional groups attached to an aromatic ring is 1. The van der Waals surface area contributed by atoms with Crippen molar-refractivity contribution in [2.45, 2.75) is 0 Å². The molecule has 7 heteroatoms. The Hall–Kier alpha value is -2.57. The monoisotopic (exact) mass is 230 g/mol. The highest BCUT2D eigenvalue weighted by atomic mass is 19.1. The molecule has 0 aliphatic rings. The van der Waals surface area contributed by atoms with Gasteiger partial charge in [-0.3, -0.25) is 4.98 Å². The van der Waals surface area contributed by atoms with E-state index in [1.165, 1.54) is 18.6 Å². The fraction of sp³-hybridized carbons (Fsp3) is 0. The summed E-state index contributed by atoms with van der Waals surface area (Å²) < 4.78 is 13.5. The first-order valence-corrected chi connectivity index (χ1v) is 4.82. The van der Waals surface area contributed by atoms with Crippen molar-refractivity contribution in [3.05, 3.63) is 30.6 Å². The van der Waals surface area contributed by atoms with Gasteiger partial charge in [0.1, 0.15) is 17.7 Å². The normalized spacial score (nSPS) is 10.9. The van der Waals surface area contributed by atoms with Crippen LogP contribution in [-0.4, -0.2) is 24.9 Å². The van der Waals surface area contributed by atoms with Crippen LogP contribution >= 0.6 is 0 Å². The number of nitrogens with zero attached hydrogens (tertiary/aromatic N) is 4. The summed E-state index contributed by atoms with van der Waals surface area (Å²) in [6.07, 6.45) is 3.92. The number of fused-ring (bicyclic) bond motifs is 1. The minimum absolute atomic E-state index is 0.281. The van der Waals surface area contributed by atoms with Gasteiger partial charge in [0.15, 0.2) is 17.3 Å². The Balaban J connectivity index is 2.26. The maximum atomic E-state index is 13.5. The molecule has 84 valence electrons. The quantitative estimate of drug-likeness (QED) is 0.653. The minimum Gasteiger partial charge on any atom is -0.382 e. The van der Waals surface area contributed by atoms with Gasteiger partial charge in [0.25, 0.3) is 0 Å². The van der Waals surface area contributed by atoms with Crippen molar-refractivity contribution in [1.82, 2.24) is 24.9 Å². The largest absolute Gasteiger partial charge is 0.382 e. The number of hydrogen-bond acceptors (Lipinski definition) is 5. The van der Waals surface area contributed by atoms with Gasteiger partial charge in [0, 0.05) is 6.20 Å². The Morgan fingerprint density at radius 1 is 1.29 bits per heavy atom. The molecule has 17 heavy (non-hydrogen) atoms. The summed E-state index contributed by atoms with van der Waals surface area (Å²) >= 11 is 0. The Morgan fingerprint density at radius 3 is 2.94 bits per heavy atom. The second kappa shape index (κ2) is 3.48. The van der Waals surface area contributed by atoms with Crippen molar-refractivity contribution in [3.63, 3.8) is 0 Å². The number of hydrogen-bond donors (Lipinski definition) is 2. The van der Waals surface area contributed by atoms with Gasteiger partial charge in [-0.05, 0) is 6.07 Å². The smallest absolute Gasteiger partial charge is 0.183 e. The zero-order chi connectivity index (χ0) is 11.8. The van der Waals surface area contributed by atoms with Gasteiger partial charge in [-0.15, -0.1) is 0 Å². The first-order valence-electron chi connectivity index (χ1n) is 4.82. The summed E-state index contributed by atoms with van der Waals surface area (Å²) in [5.41, 5.74) is 6.88. The standard InChI is InChI=1S/C10H7FN6/c11-6-3-13-2-1-5(6)9-16-7-8(12)14-4-15-10(7)17-9/h1-4H,(H3,12,14,15,16,17). The molecule has 0 radical (unpaired) electrons. The highest BCUT2D eigenvalue weighted by Crippen LogP contribution is 2.22. The molecule has 3 N–H and O–H groups in total. The predicted molar refractivity (Wildman–Crippen MR) is 59.3 cm³/mol. The SMILES string of the molecule is Nc1ncnc2nc(-c3ccncc3F)[nH]c12. The van der Waals surface area contributed by atoms with Crippen LogP contribution in [0.3, 0.4) is 0 Å². The molecule has 3 aromatic rings. The van der Waals surface area contributed by atoms with Crippen LogP contribution in [0, 0.1) is 5.82 Å². The summed E-state index contributed by atoms with van der Waals surface area (Å²) in [6.45, 7) is 0. The summed E-state index contributed by atoms with van der Waals surface area (Å²) in [5.74, 6) is 0.174. The number of rotatable bonds is 1. The Bertz CT molecular complexity index is 692. The summed E-state index contributed by atoms with van der Waals surface area (Å²) in [5, 5.41) is 0. The van der Waals surface area contributed by atoms with Gasteiger partial charge in [0.2, 0.25) is 0 Å². The lowest BCUT2D eigenvalue weighted by Crippen LogP contribution is -1.91. The van der Waals surface area contributed by atoms with Crippen LogP contribution in [0.4, 0.5) is 10.2 Å². The Kier molecular flexibility index (Phi) is 1.97. The number of nitrogens with two attached hydrogens (primary N) is 1. The maximum Gasteiger partial charge on any atom is 0.183 e. The Labute approximate surface area is 94.8 Å². The van der Waals surface area contributed by atoms with Gasteiger partial charge >= 0.3 is 0 Å². The molecule has 0 unspecified atom stereocenters. The number of H-pyrrole nitrogens is 1. The fourth-order valence-electron chi connectivity index (χ4n) is 1.54. The number of aromatic amines is 1. The van der Waals surface area contributed by atoms with Crippen molar-refractivity contribution in [3.8, 4) is 11.4 Å². The fourth-order valence-corrected chi connectivity index (χ4v) is 1.54. The average molecular weight is 230 g/mol. The van der Waals surface area contributed by atoms with Crippen LogP contribution in [0.5, 0.6) is 0 Å². The second-order valence-corrected chi connectivity index (χ2v) is 3.40. The molecule has 6 nitrogen and oxygen atoms in total. The molecule has 0 saturated carbocycles. The zero-order valence-electron chi connectivity index (χ0n) is 8.55. The molecule has 0 amide bonds. The molecule has 0 atom stereocenters. The third kappa shape index (κ3) is 1.48.